The van der Waals surface area contributed by atoms with E-state index in [2.05, 4.69) is 5.10 Å². The summed E-state index contributed by atoms with van der Waals surface area (Å²) in [4.78, 5) is 16.8. The van der Waals surface area contributed by atoms with Gasteiger partial charge in [0, 0.05) is 18.5 Å². The molecule has 2 aromatic heterocycles. The lowest BCUT2D eigenvalue weighted by Gasteiger charge is -2.34. The number of fused-ring (bicyclic) bond motifs is 1. The van der Waals surface area contributed by atoms with Crippen LogP contribution in [0.2, 0.25) is 0 Å². The molecule has 1 unspecified atom stereocenters. The Kier molecular flexibility index (Phi) is 6.00. The minimum Gasteiger partial charge on any atom is -0.388 e. The van der Waals surface area contributed by atoms with Gasteiger partial charge in [0.1, 0.15) is 10.6 Å². The van der Waals surface area contributed by atoms with Gasteiger partial charge >= 0.3 is 0 Å². The molecule has 1 fully saturated rings. The van der Waals surface area contributed by atoms with Crippen molar-refractivity contribution in [1.82, 2.24) is 14.7 Å². The first-order valence-corrected chi connectivity index (χ1v) is 12.0. The standard InChI is InChI=1S/C26H26FN3O2S/c1-17-22-15-23(33-26(22)30(28-17)16-18-7-9-21(27)10-8-18)25(32)29-13-11-20(12-14-29)24(31)19-5-3-2-4-6-19/h2-10,15,20,24,31H,11-14,16H2,1H3. The molecule has 1 aliphatic rings. The van der Waals surface area contributed by atoms with Gasteiger partial charge in [-0.25, -0.2) is 4.39 Å². The first kappa shape index (κ1) is 21.8. The van der Waals surface area contributed by atoms with Gasteiger partial charge in [0.2, 0.25) is 0 Å². The number of hydrogen-bond donors (Lipinski definition) is 1. The third-order valence-electron chi connectivity index (χ3n) is 6.48. The Bertz CT molecular complexity index is 1260. The Morgan fingerprint density at radius 1 is 1.15 bits per heavy atom. The summed E-state index contributed by atoms with van der Waals surface area (Å²) in [6, 6.07) is 18.1. The zero-order valence-corrected chi connectivity index (χ0v) is 19.3. The van der Waals surface area contributed by atoms with E-state index in [0.29, 0.717) is 24.5 Å². The first-order chi connectivity index (χ1) is 16.0. The molecule has 1 amide bonds. The van der Waals surface area contributed by atoms with Gasteiger partial charge in [-0.05, 0) is 55.0 Å². The van der Waals surface area contributed by atoms with Crippen LogP contribution in [-0.4, -0.2) is 38.8 Å². The Hall–Kier alpha value is -3.03. The largest absolute Gasteiger partial charge is 0.388 e. The van der Waals surface area contributed by atoms with Crippen molar-refractivity contribution in [2.75, 3.05) is 13.1 Å². The van der Waals surface area contributed by atoms with Gasteiger partial charge in [0.05, 0.1) is 23.2 Å². The summed E-state index contributed by atoms with van der Waals surface area (Å²) in [6.45, 7) is 3.76. The highest BCUT2D eigenvalue weighted by molar-refractivity contribution is 7.20. The lowest BCUT2D eigenvalue weighted by Crippen LogP contribution is -2.39. The summed E-state index contributed by atoms with van der Waals surface area (Å²) in [7, 11) is 0. The summed E-state index contributed by atoms with van der Waals surface area (Å²) < 4.78 is 15.1. The fraction of sp³-hybridized carbons (Fsp3) is 0.308. The fourth-order valence-electron chi connectivity index (χ4n) is 4.58. The van der Waals surface area contributed by atoms with E-state index in [1.165, 1.54) is 23.5 Å². The molecule has 1 saturated heterocycles. The number of benzene rings is 2. The minimum atomic E-state index is -0.493. The van der Waals surface area contributed by atoms with Gasteiger partial charge < -0.3 is 10.0 Å². The number of halogens is 1. The lowest BCUT2D eigenvalue weighted by atomic mass is 9.87. The number of aliphatic hydroxyl groups excluding tert-OH is 1. The van der Waals surface area contributed by atoms with Crippen LogP contribution in [0.3, 0.4) is 0 Å². The second-order valence-corrected chi connectivity index (χ2v) is 9.71. The molecular formula is C26H26FN3O2S. The SMILES string of the molecule is Cc1nn(Cc2ccc(F)cc2)c2sc(C(=O)N3CCC(C(O)c4ccccc4)CC3)cc12. The molecule has 0 saturated carbocycles. The number of aromatic nitrogens is 2. The van der Waals surface area contributed by atoms with E-state index in [9.17, 15) is 14.3 Å². The van der Waals surface area contributed by atoms with Crippen molar-refractivity contribution in [1.29, 1.82) is 0 Å². The van der Waals surface area contributed by atoms with Crippen molar-refractivity contribution in [2.24, 2.45) is 5.92 Å². The minimum absolute atomic E-state index is 0.0385. The molecule has 5 rings (SSSR count). The second-order valence-electron chi connectivity index (χ2n) is 8.68. The number of aryl methyl sites for hydroxylation is 1. The summed E-state index contributed by atoms with van der Waals surface area (Å²) in [5, 5.41) is 16.3. The third-order valence-corrected chi connectivity index (χ3v) is 7.61. The molecular weight excluding hydrogens is 437 g/mol. The number of rotatable bonds is 5. The van der Waals surface area contributed by atoms with Crippen LogP contribution in [0.15, 0.2) is 60.7 Å². The Balaban J connectivity index is 1.29. The molecule has 2 aromatic carbocycles. The molecule has 0 aliphatic carbocycles. The van der Waals surface area contributed by atoms with E-state index in [-0.39, 0.29) is 17.6 Å². The van der Waals surface area contributed by atoms with Crippen LogP contribution < -0.4 is 0 Å². The average molecular weight is 464 g/mol. The molecule has 0 bridgehead atoms. The summed E-state index contributed by atoms with van der Waals surface area (Å²) in [6.07, 6.45) is 1.07. The van der Waals surface area contributed by atoms with Gasteiger partial charge in [-0.3, -0.25) is 9.48 Å². The summed E-state index contributed by atoms with van der Waals surface area (Å²) in [5.41, 5.74) is 2.78. The van der Waals surface area contributed by atoms with E-state index in [0.717, 1.165) is 39.9 Å². The first-order valence-electron chi connectivity index (χ1n) is 11.2. The molecule has 0 spiro atoms. The number of likely N-dealkylation sites (tertiary alicyclic amines) is 1. The van der Waals surface area contributed by atoms with Crippen LogP contribution in [0, 0.1) is 18.7 Å². The van der Waals surface area contributed by atoms with E-state index in [1.54, 1.807) is 12.1 Å². The zero-order valence-electron chi connectivity index (χ0n) is 18.4. The number of aliphatic hydroxyl groups is 1. The molecule has 4 aromatic rings. The smallest absolute Gasteiger partial charge is 0.264 e. The molecule has 3 heterocycles. The molecule has 7 heteroatoms. The highest BCUT2D eigenvalue weighted by Crippen LogP contribution is 2.33. The molecule has 1 N–H and O–H groups in total. The predicted octanol–water partition coefficient (Wildman–Crippen LogP) is 5.18. The van der Waals surface area contributed by atoms with E-state index in [4.69, 9.17) is 0 Å². The van der Waals surface area contributed by atoms with Crippen molar-refractivity contribution in [3.8, 4) is 0 Å². The summed E-state index contributed by atoms with van der Waals surface area (Å²) in [5.74, 6) is -0.0634. The number of carbonyl (C=O) groups excluding carboxylic acids is 1. The molecule has 170 valence electrons. The van der Waals surface area contributed by atoms with Crippen molar-refractivity contribution < 1.29 is 14.3 Å². The maximum absolute atomic E-state index is 13.2. The van der Waals surface area contributed by atoms with Crippen LogP contribution in [-0.2, 0) is 6.54 Å². The monoisotopic (exact) mass is 463 g/mol. The third kappa shape index (κ3) is 4.43. The quantitative estimate of drug-likeness (QED) is 0.444. The number of hydrogen-bond acceptors (Lipinski definition) is 4. The second kappa shape index (κ2) is 9.08. The topological polar surface area (TPSA) is 58.4 Å². The highest BCUT2D eigenvalue weighted by atomic mass is 32.1. The van der Waals surface area contributed by atoms with Gasteiger partial charge in [-0.15, -0.1) is 11.3 Å². The van der Waals surface area contributed by atoms with Crippen LogP contribution in [0.25, 0.3) is 10.2 Å². The summed E-state index contributed by atoms with van der Waals surface area (Å²) >= 11 is 1.46. The van der Waals surface area contributed by atoms with Crippen molar-refractivity contribution in [3.05, 3.63) is 88.2 Å². The Morgan fingerprint density at radius 3 is 2.55 bits per heavy atom. The number of carbonyl (C=O) groups is 1. The number of thiophene rings is 1. The molecule has 1 atom stereocenters. The fourth-order valence-corrected chi connectivity index (χ4v) is 5.71. The number of nitrogens with zero attached hydrogens (tertiary/aromatic N) is 3. The van der Waals surface area contributed by atoms with Crippen LogP contribution in [0.1, 0.15) is 45.4 Å². The Morgan fingerprint density at radius 2 is 1.85 bits per heavy atom. The normalized spacial score (nSPS) is 15.8. The van der Waals surface area contributed by atoms with Gasteiger partial charge in [0.25, 0.3) is 5.91 Å². The van der Waals surface area contributed by atoms with E-state index >= 15 is 0 Å². The number of piperidine rings is 1. The Labute approximate surface area is 196 Å². The van der Waals surface area contributed by atoms with Gasteiger partial charge in [-0.2, -0.15) is 5.10 Å². The van der Waals surface area contributed by atoms with Crippen molar-refractivity contribution in [3.63, 3.8) is 0 Å². The van der Waals surface area contributed by atoms with Crippen LogP contribution >= 0.6 is 11.3 Å². The molecule has 33 heavy (non-hydrogen) atoms. The highest BCUT2D eigenvalue weighted by Gasteiger charge is 2.29. The molecule has 0 radical (unpaired) electrons. The molecule has 5 nitrogen and oxygen atoms in total. The maximum atomic E-state index is 13.2. The zero-order chi connectivity index (χ0) is 22.9. The van der Waals surface area contributed by atoms with Crippen molar-refractivity contribution in [2.45, 2.75) is 32.4 Å². The van der Waals surface area contributed by atoms with E-state index in [1.807, 2.05) is 52.9 Å². The van der Waals surface area contributed by atoms with E-state index < -0.39 is 6.10 Å². The van der Waals surface area contributed by atoms with Crippen molar-refractivity contribution >= 4 is 27.5 Å². The van der Waals surface area contributed by atoms with Crippen LogP contribution in [0.5, 0.6) is 0 Å². The molecule has 1 aliphatic heterocycles. The lowest BCUT2D eigenvalue weighted by molar-refractivity contribution is 0.0465. The number of amides is 1. The van der Waals surface area contributed by atoms with Crippen LogP contribution in [0.4, 0.5) is 4.39 Å². The predicted molar refractivity (Wildman–Crippen MR) is 128 cm³/mol. The van der Waals surface area contributed by atoms with Gasteiger partial charge in [-0.1, -0.05) is 42.5 Å². The van der Waals surface area contributed by atoms with Gasteiger partial charge in [0.15, 0.2) is 0 Å². The maximum Gasteiger partial charge on any atom is 0.264 e. The average Bonchev–Trinajstić information content (AvgIpc) is 3.41.